The molecule has 6 heteroatoms. The predicted octanol–water partition coefficient (Wildman–Crippen LogP) is 1.34. The second-order valence-electron chi connectivity index (χ2n) is 6.66. The fourth-order valence-corrected chi connectivity index (χ4v) is 2.50. The van der Waals surface area contributed by atoms with Gasteiger partial charge in [0, 0.05) is 32.3 Å². The fraction of sp³-hybridized carbons (Fsp3) is 0.933. The number of carbonyl (C=O) groups excluding carboxylic acids is 1. The molecule has 0 spiro atoms. The van der Waals surface area contributed by atoms with Gasteiger partial charge in [0.2, 0.25) is 0 Å². The van der Waals surface area contributed by atoms with E-state index in [9.17, 15) is 4.79 Å². The lowest BCUT2D eigenvalue weighted by molar-refractivity contribution is 0.0289. The van der Waals surface area contributed by atoms with Crippen LogP contribution in [0.25, 0.3) is 0 Å². The Morgan fingerprint density at radius 1 is 1.48 bits per heavy atom. The maximum absolute atomic E-state index is 12.0. The van der Waals surface area contributed by atoms with E-state index in [1.165, 1.54) is 0 Å². The molecule has 21 heavy (non-hydrogen) atoms. The smallest absolute Gasteiger partial charge is 0.410 e. The molecule has 124 valence electrons. The van der Waals surface area contributed by atoms with Crippen LogP contribution in [0.1, 0.15) is 40.0 Å². The molecule has 1 rings (SSSR count). The van der Waals surface area contributed by atoms with E-state index in [0.29, 0.717) is 31.8 Å². The van der Waals surface area contributed by atoms with Crippen molar-refractivity contribution in [2.45, 2.75) is 57.7 Å². The Morgan fingerprint density at radius 2 is 2.19 bits per heavy atom. The van der Waals surface area contributed by atoms with Gasteiger partial charge in [0.15, 0.2) is 0 Å². The predicted molar refractivity (Wildman–Crippen MR) is 83.3 cm³/mol. The Labute approximate surface area is 128 Å². The van der Waals surface area contributed by atoms with Crippen molar-refractivity contribution in [3.63, 3.8) is 0 Å². The van der Waals surface area contributed by atoms with Crippen LogP contribution in [0.3, 0.4) is 0 Å². The summed E-state index contributed by atoms with van der Waals surface area (Å²) in [7, 11) is 1.71. The van der Waals surface area contributed by atoms with Gasteiger partial charge in [-0.3, -0.25) is 0 Å². The summed E-state index contributed by atoms with van der Waals surface area (Å²) in [5, 5.41) is 3.57. The summed E-state index contributed by atoms with van der Waals surface area (Å²) in [4.78, 5) is 13.8. The van der Waals surface area contributed by atoms with Crippen LogP contribution in [-0.4, -0.2) is 62.0 Å². The number of carbonyl (C=O) groups is 1. The molecule has 1 aliphatic heterocycles. The molecule has 0 radical (unpaired) electrons. The van der Waals surface area contributed by atoms with Crippen LogP contribution >= 0.6 is 0 Å². The second-order valence-corrected chi connectivity index (χ2v) is 6.66. The Kier molecular flexibility index (Phi) is 7.42. The van der Waals surface area contributed by atoms with Crippen molar-refractivity contribution in [2.24, 2.45) is 5.73 Å². The SMILES string of the molecule is COCC(CCCN)NC1CCN(C(=O)OC(C)(C)C)C1. The molecule has 1 fully saturated rings. The van der Waals surface area contributed by atoms with Gasteiger partial charge in [-0.15, -0.1) is 0 Å². The maximum atomic E-state index is 12.0. The van der Waals surface area contributed by atoms with E-state index < -0.39 is 5.60 Å². The molecular weight excluding hydrogens is 270 g/mol. The molecule has 0 bridgehead atoms. The van der Waals surface area contributed by atoms with Gasteiger partial charge in [-0.2, -0.15) is 0 Å². The normalized spacial score (nSPS) is 20.6. The van der Waals surface area contributed by atoms with Crippen molar-refractivity contribution < 1.29 is 14.3 Å². The number of likely N-dealkylation sites (tertiary alicyclic amines) is 1. The van der Waals surface area contributed by atoms with Gasteiger partial charge in [0.1, 0.15) is 5.60 Å². The van der Waals surface area contributed by atoms with Crippen LogP contribution in [-0.2, 0) is 9.47 Å². The minimum atomic E-state index is -0.442. The first-order chi connectivity index (χ1) is 9.85. The summed E-state index contributed by atoms with van der Waals surface area (Å²) in [6, 6.07) is 0.595. The molecule has 2 atom stereocenters. The lowest BCUT2D eigenvalue weighted by atomic mass is 10.1. The molecule has 1 amide bonds. The highest BCUT2D eigenvalue weighted by Gasteiger charge is 2.30. The van der Waals surface area contributed by atoms with Gasteiger partial charge in [-0.25, -0.2) is 4.79 Å². The zero-order valence-electron chi connectivity index (χ0n) is 13.9. The number of rotatable bonds is 7. The maximum Gasteiger partial charge on any atom is 0.410 e. The van der Waals surface area contributed by atoms with Crippen LogP contribution in [0.5, 0.6) is 0 Å². The topological polar surface area (TPSA) is 76.8 Å². The molecular formula is C15H31N3O3. The molecule has 0 aromatic heterocycles. The van der Waals surface area contributed by atoms with E-state index in [0.717, 1.165) is 25.8 Å². The highest BCUT2D eigenvalue weighted by atomic mass is 16.6. The Hall–Kier alpha value is -0.850. The van der Waals surface area contributed by atoms with Crippen LogP contribution in [0.4, 0.5) is 4.79 Å². The quantitative estimate of drug-likeness (QED) is 0.742. The van der Waals surface area contributed by atoms with Crippen LogP contribution < -0.4 is 11.1 Å². The lowest BCUT2D eigenvalue weighted by Gasteiger charge is -2.25. The number of hydrogen-bond donors (Lipinski definition) is 2. The number of methoxy groups -OCH3 is 1. The van der Waals surface area contributed by atoms with Gasteiger partial charge < -0.3 is 25.4 Å². The average Bonchev–Trinajstić information content (AvgIpc) is 2.83. The third kappa shape index (κ3) is 7.11. The van der Waals surface area contributed by atoms with Crippen LogP contribution in [0.2, 0.25) is 0 Å². The molecule has 2 unspecified atom stereocenters. The standard InChI is InChI=1S/C15H31N3O3/c1-15(2,3)21-14(19)18-9-7-12(10-18)17-13(11-20-4)6-5-8-16/h12-13,17H,5-11,16H2,1-4H3. The Balaban J connectivity index is 2.40. The molecule has 0 aromatic rings. The number of nitrogens with two attached hydrogens (primary N) is 1. The van der Waals surface area contributed by atoms with Crippen molar-refractivity contribution in [3.8, 4) is 0 Å². The Bertz CT molecular complexity index is 318. The van der Waals surface area contributed by atoms with E-state index in [1.807, 2.05) is 20.8 Å². The van der Waals surface area contributed by atoms with E-state index in [4.69, 9.17) is 15.2 Å². The van der Waals surface area contributed by atoms with Gasteiger partial charge in [0.25, 0.3) is 0 Å². The molecule has 1 aliphatic rings. The number of hydrogen-bond acceptors (Lipinski definition) is 5. The first-order valence-corrected chi connectivity index (χ1v) is 7.78. The second kappa shape index (κ2) is 8.56. The van der Waals surface area contributed by atoms with Crippen molar-refractivity contribution in [1.82, 2.24) is 10.2 Å². The molecule has 1 saturated heterocycles. The molecule has 1 heterocycles. The average molecular weight is 301 g/mol. The summed E-state index contributed by atoms with van der Waals surface area (Å²) >= 11 is 0. The third-order valence-corrected chi connectivity index (χ3v) is 3.44. The van der Waals surface area contributed by atoms with E-state index >= 15 is 0 Å². The number of nitrogens with one attached hydrogen (secondary N) is 1. The number of nitrogens with zero attached hydrogens (tertiary/aromatic N) is 1. The first-order valence-electron chi connectivity index (χ1n) is 7.78. The highest BCUT2D eigenvalue weighted by molar-refractivity contribution is 5.68. The molecule has 6 nitrogen and oxygen atoms in total. The minimum absolute atomic E-state index is 0.225. The highest BCUT2D eigenvalue weighted by Crippen LogP contribution is 2.16. The fourth-order valence-electron chi connectivity index (χ4n) is 2.50. The molecule has 3 N–H and O–H groups in total. The number of amides is 1. The van der Waals surface area contributed by atoms with Crippen LogP contribution in [0, 0.1) is 0 Å². The summed E-state index contributed by atoms with van der Waals surface area (Å²) < 4.78 is 10.6. The van der Waals surface area contributed by atoms with Gasteiger partial charge in [-0.05, 0) is 46.6 Å². The van der Waals surface area contributed by atoms with Gasteiger partial charge >= 0.3 is 6.09 Å². The third-order valence-electron chi connectivity index (χ3n) is 3.44. The zero-order valence-corrected chi connectivity index (χ0v) is 13.9. The van der Waals surface area contributed by atoms with Crippen molar-refractivity contribution >= 4 is 6.09 Å². The summed E-state index contributed by atoms with van der Waals surface area (Å²) in [5.74, 6) is 0. The summed E-state index contributed by atoms with van der Waals surface area (Å²) in [6.45, 7) is 8.45. The minimum Gasteiger partial charge on any atom is -0.444 e. The molecule has 0 aromatic carbocycles. The van der Waals surface area contributed by atoms with E-state index in [1.54, 1.807) is 12.0 Å². The largest absolute Gasteiger partial charge is 0.444 e. The monoisotopic (exact) mass is 301 g/mol. The van der Waals surface area contributed by atoms with E-state index in [-0.39, 0.29) is 6.09 Å². The van der Waals surface area contributed by atoms with E-state index in [2.05, 4.69) is 5.32 Å². The van der Waals surface area contributed by atoms with Crippen molar-refractivity contribution in [2.75, 3.05) is 33.4 Å². The zero-order chi connectivity index (χ0) is 15.9. The van der Waals surface area contributed by atoms with Crippen molar-refractivity contribution in [3.05, 3.63) is 0 Å². The van der Waals surface area contributed by atoms with Crippen LogP contribution in [0.15, 0.2) is 0 Å². The molecule has 0 aliphatic carbocycles. The van der Waals surface area contributed by atoms with Gasteiger partial charge in [0.05, 0.1) is 6.61 Å². The van der Waals surface area contributed by atoms with Gasteiger partial charge in [-0.1, -0.05) is 0 Å². The van der Waals surface area contributed by atoms with Crippen molar-refractivity contribution in [1.29, 1.82) is 0 Å². The summed E-state index contributed by atoms with van der Waals surface area (Å²) in [6.07, 6.45) is 2.69. The lowest BCUT2D eigenvalue weighted by Crippen LogP contribution is -2.44. The molecule has 0 saturated carbocycles. The first kappa shape index (κ1) is 18.2. The Morgan fingerprint density at radius 3 is 2.76 bits per heavy atom. The number of ether oxygens (including phenoxy) is 2. The summed E-state index contributed by atoms with van der Waals surface area (Å²) in [5.41, 5.74) is 5.12.